The molecule has 0 unspecified atom stereocenters. The number of carbonyl (C=O) groups is 2. The van der Waals surface area contributed by atoms with E-state index in [2.05, 4.69) is 37.2 Å². The van der Waals surface area contributed by atoms with Gasteiger partial charge in [-0.2, -0.15) is 0 Å². The first-order valence-electron chi connectivity index (χ1n) is 8.67. The van der Waals surface area contributed by atoms with Crippen LogP contribution in [-0.2, 0) is 9.59 Å². The van der Waals surface area contributed by atoms with E-state index in [1.165, 1.54) is 17.0 Å². The molecular weight excluding hydrogens is 560 g/mol. The Balaban J connectivity index is 2.13. The third kappa shape index (κ3) is 4.12. The molecule has 30 heavy (non-hydrogen) atoms. The summed E-state index contributed by atoms with van der Waals surface area (Å²) >= 11 is 18.1. The SMILES string of the molecule is CCOc1cc(/C=C2\C(=O)NC(=S)N(c3cccc(Cl)c3C)C2=O)c(Br)c(Br)c1O. The van der Waals surface area contributed by atoms with Gasteiger partial charge in [-0.1, -0.05) is 17.7 Å². The molecule has 2 aromatic carbocycles. The van der Waals surface area contributed by atoms with Crippen molar-refractivity contribution in [2.75, 3.05) is 11.5 Å². The average Bonchev–Trinajstić information content (AvgIpc) is 2.69. The lowest BCUT2D eigenvalue weighted by Gasteiger charge is -2.30. The quantitative estimate of drug-likeness (QED) is 0.302. The second kappa shape index (κ2) is 9.05. The van der Waals surface area contributed by atoms with Gasteiger partial charge in [-0.15, -0.1) is 0 Å². The van der Waals surface area contributed by atoms with Crippen LogP contribution in [0.1, 0.15) is 18.1 Å². The number of benzene rings is 2. The van der Waals surface area contributed by atoms with E-state index in [9.17, 15) is 14.7 Å². The van der Waals surface area contributed by atoms with Gasteiger partial charge in [-0.3, -0.25) is 19.8 Å². The summed E-state index contributed by atoms with van der Waals surface area (Å²) in [5, 5.41) is 13.2. The van der Waals surface area contributed by atoms with Gasteiger partial charge in [0.1, 0.15) is 5.57 Å². The molecule has 0 spiro atoms. The van der Waals surface area contributed by atoms with Crippen molar-refractivity contribution >= 4 is 84.4 Å². The van der Waals surface area contributed by atoms with Gasteiger partial charge in [0, 0.05) is 9.50 Å². The Morgan fingerprint density at radius 3 is 2.67 bits per heavy atom. The van der Waals surface area contributed by atoms with E-state index in [0.29, 0.717) is 37.4 Å². The number of hydrogen-bond donors (Lipinski definition) is 2. The number of thiocarbonyl (C=S) groups is 1. The molecule has 0 aromatic heterocycles. The molecular formula is C20H15Br2ClN2O4S. The highest BCUT2D eigenvalue weighted by Gasteiger charge is 2.35. The topological polar surface area (TPSA) is 78.9 Å². The molecule has 1 fully saturated rings. The summed E-state index contributed by atoms with van der Waals surface area (Å²) in [5.41, 5.74) is 1.45. The predicted octanol–water partition coefficient (Wildman–Crippen LogP) is 5.11. The first-order valence-corrected chi connectivity index (χ1v) is 11.0. The minimum Gasteiger partial charge on any atom is -0.503 e. The lowest BCUT2D eigenvalue weighted by atomic mass is 10.1. The van der Waals surface area contributed by atoms with Gasteiger partial charge in [-0.25, -0.2) is 0 Å². The zero-order valence-electron chi connectivity index (χ0n) is 15.8. The maximum atomic E-state index is 13.2. The van der Waals surface area contributed by atoms with Crippen LogP contribution in [0, 0.1) is 6.92 Å². The highest BCUT2D eigenvalue weighted by atomic mass is 79.9. The third-order valence-corrected chi connectivity index (χ3v) is 7.21. The van der Waals surface area contributed by atoms with E-state index in [1.807, 2.05) is 0 Å². The van der Waals surface area contributed by atoms with Crippen LogP contribution in [0.15, 0.2) is 38.8 Å². The summed E-state index contributed by atoms with van der Waals surface area (Å²) in [6, 6.07) is 6.62. The summed E-state index contributed by atoms with van der Waals surface area (Å²) in [6.45, 7) is 3.86. The number of nitrogens with zero attached hydrogens (tertiary/aromatic N) is 1. The van der Waals surface area contributed by atoms with Gasteiger partial charge in [0.05, 0.1) is 16.8 Å². The first-order chi connectivity index (χ1) is 14.2. The molecule has 2 aromatic rings. The van der Waals surface area contributed by atoms with Crippen molar-refractivity contribution < 1.29 is 19.4 Å². The summed E-state index contributed by atoms with van der Waals surface area (Å²) in [6.07, 6.45) is 1.41. The van der Waals surface area contributed by atoms with Crippen LogP contribution in [0.25, 0.3) is 6.08 Å². The number of amides is 2. The van der Waals surface area contributed by atoms with E-state index in [0.717, 1.165) is 0 Å². The number of aromatic hydroxyl groups is 1. The van der Waals surface area contributed by atoms with E-state index in [4.69, 9.17) is 28.6 Å². The second-order valence-electron chi connectivity index (χ2n) is 6.22. The van der Waals surface area contributed by atoms with Crippen molar-refractivity contribution in [2.24, 2.45) is 0 Å². The molecule has 156 valence electrons. The molecule has 0 saturated carbocycles. The number of rotatable bonds is 4. The average molecular weight is 575 g/mol. The van der Waals surface area contributed by atoms with E-state index >= 15 is 0 Å². The number of anilines is 1. The fraction of sp³-hybridized carbons (Fsp3) is 0.150. The number of phenols is 1. The predicted molar refractivity (Wildman–Crippen MR) is 127 cm³/mol. The number of halogens is 3. The van der Waals surface area contributed by atoms with Crippen molar-refractivity contribution in [3.63, 3.8) is 0 Å². The van der Waals surface area contributed by atoms with Crippen LogP contribution >= 0.6 is 55.7 Å². The van der Waals surface area contributed by atoms with Gasteiger partial charge >= 0.3 is 0 Å². The molecule has 0 atom stereocenters. The normalized spacial score (nSPS) is 15.6. The molecule has 3 rings (SSSR count). The van der Waals surface area contributed by atoms with Gasteiger partial charge in [-0.05, 0) is 93.3 Å². The molecule has 10 heteroatoms. The second-order valence-corrected chi connectivity index (χ2v) is 8.60. The maximum Gasteiger partial charge on any atom is 0.270 e. The molecule has 0 radical (unpaired) electrons. The van der Waals surface area contributed by atoms with Crippen molar-refractivity contribution in [3.8, 4) is 11.5 Å². The molecule has 1 saturated heterocycles. The number of carbonyl (C=O) groups excluding carboxylic acids is 2. The fourth-order valence-electron chi connectivity index (χ4n) is 2.85. The molecule has 0 bridgehead atoms. The third-order valence-electron chi connectivity index (χ3n) is 4.36. The molecule has 1 heterocycles. The van der Waals surface area contributed by atoms with Gasteiger partial charge < -0.3 is 9.84 Å². The lowest BCUT2D eigenvalue weighted by molar-refractivity contribution is -0.122. The Kier molecular flexibility index (Phi) is 6.86. The van der Waals surface area contributed by atoms with Gasteiger partial charge in [0.25, 0.3) is 11.8 Å². The standard InChI is InChI=1S/C20H15Br2ClN2O4S/c1-3-29-14-8-10(15(21)16(22)17(14)26)7-11-18(27)24-20(30)25(19(11)28)13-6-4-5-12(23)9(13)2/h4-8,26H,3H2,1-2H3,(H,24,27,30)/b11-7+. The molecule has 0 aliphatic carbocycles. The van der Waals surface area contributed by atoms with Crippen molar-refractivity contribution in [1.29, 1.82) is 0 Å². The first kappa shape index (κ1) is 22.7. The Labute approximate surface area is 200 Å². The molecule has 2 amide bonds. The van der Waals surface area contributed by atoms with E-state index in [-0.39, 0.29) is 22.2 Å². The highest BCUT2D eigenvalue weighted by Crippen LogP contribution is 2.43. The van der Waals surface area contributed by atoms with Crippen LogP contribution in [0.5, 0.6) is 11.5 Å². The van der Waals surface area contributed by atoms with E-state index in [1.54, 1.807) is 32.0 Å². The van der Waals surface area contributed by atoms with Crippen LogP contribution in [-0.4, -0.2) is 28.6 Å². The molecule has 6 nitrogen and oxygen atoms in total. The van der Waals surface area contributed by atoms with Gasteiger partial charge in [0.2, 0.25) is 0 Å². The summed E-state index contributed by atoms with van der Waals surface area (Å²) < 4.78 is 6.22. The number of hydrogen-bond acceptors (Lipinski definition) is 5. The summed E-state index contributed by atoms with van der Waals surface area (Å²) in [5.74, 6) is -1.11. The molecule has 2 N–H and O–H groups in total. The highest BCUT2D eigenvalue weighted by molar-refractivity contribution is 9.13. The zero-order valence-corrected chi connectivity index (χ0v) is 20.5. The largest absolute Gasteiger partial charge is 0.503 e. The fourth-order valence-corrected chi connectivity index (χ4v) is 4.14. The van der Waals surface area contributed by atoms with Crippen molar-refractivity contribution in [3.05, 3.63) is 54.9 Å². The van der Waals surface area contributed by atoms with Crippen molar-refractivity contribution in [2.45, 2.75) is 13.8 Å². The summed E-state index contributed by atoms with van der Waals surface area (Å²) in [7, 11) is 0. The number of phenolic OH excluding ortho intramolecular Hbond substituents is 1. The Morgan fingerprint density at radius 1 is 1.30 bits per heavy atom. The van der Waals surface area contributed by atoms with Crippen LogP contribution < -0.4 is 15.0 Å². The maximum absolute atomic E-state index is 13.2. The smallest absolute Gasteiger partial charge is 0.270 e. The van der Waals surface area contributed by atoms with Crippen LogP contribution in [0.2, 0.25) is 5.02 Å². The monoisotopic (exact) mass is 572 g/mol. The minimum absolute atomic E-state index is 0.0338. The Bertz CT molecular complexity index is 1120. The lowest BCUT2D eigenvalue weighted by Crippen LogP contribution is -2.54. The molecule has 1 aliphatic rings. The Morgan fingerprint density at radius 2 is 2.00 bits per heavy atom. The summed E-state index contributed by atoms with van der Waals surface area (Å²) in [4.78, 5) is 27.1. The number of nitrogens with one attached hydrogen (secondary N) is 1. The Hall–Kier alpha value is -1.94. The van der Waals surface area contributed by atoms with Crippen LogP contribution in [0.3, 0.4) is 0 Å². The van der Waals surface area contributed by atoms with Gasteiger partial charge in [0.15, 0.2) is 16.6 Å². The van der Waals surface area contributed by atoms with Crippen molar-refractivity contribution in [1.82, 2.24) is 5.32 Å². The molecule has 1 aliphatic heterocycles. The number of ether oxygens (including phenoxy) is 1. The van der Waals surface area contributed by atoms with E-state index < -0.39 is 11.8 Å². The minimum atomic E-state index is -0.630. The van der Waals surface area contributed by atoms with Crippen LogP contribution in [0.4, 0.5) is 5.69 Å². The zero-order chi connectivity index (χ0) is 22.2.